The van der Waals surface area contributed by atoms with Gasteiger partial charge in [0, 0.05) is 6.20 Å². The van der Waals surface area contributed by atoms with E-state index < -0.39 is 5.91 Å². The van der Waals surface area contributed by atoms with Crippen molar-refractivity contribution in [3.05, 3.63) is 53.8 Å². The van der Waals surface area contributed by atoms with Crippen LogP contribution in [0.25, 0.3) is 11.2 Å². The average Bonchev–Trinajstić information content (AvgIpc) is 3.34. The average molecular weight is 516 g/mol. The molecule has 38 heavy (non-hydrogen) atoms. The quantitative estimate of drug-likeness (QED) is 0.515. The molecule has 10 heteroatoms. The number of ether oxygens (including phenoxy) is 1. The Balaban J connectivity index is 1.10. The van der Waals surface area contributed by atoms with Crippen LogP contribution in [0, 0.1) is 12.3 Å². The number of aryl methyl sites for hydroxylation is 1. The van der Waals surface area contributed by atoms with Crippen molar-refractivity contribution in [3.63, 3.8) is 0 Å². The largest absolute Gasteiger partial charge is 0.376 e. The third-order valence-electron chi connectivity index (χ3n) is 8.21. The molecule has 0 atom stereocenters. The smallest absolute Gasteiger partial charge is 0.294 e. The van der Waals surface area contributed by atoms with Crippen molar-refractivity contribution in [2.24, 2.45) is 5.41 Å². The first-order valence-corrected chi connectivity index (χ1v) is 13.4. The normalized spacial score (nSPS) is 19.1. The van der Waals surface area contributed by atoms with Crippen molar-refractivity contribution in [2.75, 3.05) is 43.5 Å². The number of nitrogens with one attached hydrogen (secondary N) is 2. The fraction of sp³-hybridized carbons (Fsp3) is 0.464. The highest BCUT2D eigenvalue weighted by atomic mass is 16.5. The number of aromatic nitrogens is 4. The van der Waals surface area contributed by atoms with Crippen LogP contribution in [0.4, 0.5) is 11.4 Å². The van der Waals surface area contributed by atoms with E-state index in [-0.39, 0.29) is 11.7 Å². The van der Waals surface area contributed by atoms with Gasteiger partial charge in [0.25, 0.3) is 5.91 Å². The number of nitrogens with zero attached hydrogens (tertiary/aromatic N) is 5. The lowest BCUT2D eigenvalue weighted by atomic mass is 9.63. The lowest BCUT2D eigenvalue weighted by Gasteiger charge is -2.47. The number of rotatable bonds is 6. The number of fused-ring (bicyclic) bond motifs is 1. The monoisotopic (exact) mass is 515 g/mol. The molecule has 1 spiro atoms. The number of anilines is 2. The van der Waals surface area contributed by atoms with Crippen LogP contribution in [-0.4, -0.2) is 69.1 Å². The van der Waals surface area contributed by atoms with Gasteiger partial charge in [-0.25, -0.2) is 0 Å². The number of carbonyl (C=O) groups is 2. The molecule has 3 aromatic rings. The van der Waals surface area contributed by atoms with E-state index in [1.807, 2.05) is 12.1 Å². The second-order valence-electron chi connectivity index (χ2n) is 10.7. The minimum Gasteiger partial charge on any atom is -0.376 e. The fourth-order valence-electron chi connectivity index (χ4n) is 5.68. The van der Waals surface area contributed by atoms with Gasteiger partial charge < -0.3 is 15.4 Å². The van der Waals surface area contributed by atoms with Crippen LogP contribution in [0.3, 0.4) is 0 Å². The van der Waals surface area contributed by atoms with Gasteiger partial charge in [0.2, 0.25) is 11.7 Å². The van der Waals surface area contributed by atoms with E-state index in [2.05, 4.69) is 36.8 Å². The Kier molecular flexibility index (Phi) is 6.67. The van der Waals surface area contributed by atoms with Crippen LogP contribution in [0.2, 0.25) is 0 Å². The van der Waals surface area contributed by atoms with E-state index in [9.17, 15) is 9.59 Å². The van der Waals surface area contributed by atoms with Crippen molar-refractivity contribution >= 4 is 34.4 Å². The molecule has 3 aliphatic rings. The van der Waals surface area contributed by atoms with E-state index >= 15 is 0 Å². The highest BCUT2D eigenvalue weighted by Gasteiger charge is 2.39. The first-order valence-electron chi connectivity index (χ1n) is 13.4. The van der Waals surface area contributed by atoms with Gasteiger partial charge in [0.1, 0.15) is 0 Å². The molecule has 2 N–H and O–H groups in total. The number of hydrogen-bond donors (Lipinski definition) is 2. The third kappa shape index (κ3) is 5.06. The van der Waals surface area contributed by atoms with Gasteiger partial charge in [-0.1, -0.05) is 12.5 Å². The number of pyridine rings is 2. The van der Waals surface area contributed by atoms with Gasteiger partial charge in [-0.15, -0.1) is 10.2 Å². The Morgan fingerprint density at radius 1 is 1.11 bits per heavy atom. The summed E-state index contributed by atoms with van der Waals surface area (Å²) in [5.41, 5.74) is 4.94. The summed E-state index contributed by atoms with van der Waals surface area (Å²) in [7, 11) is 0. The molecule has 1 saturated carbocycles. The maximum atomic E-state index is 13.1. The molecule has 0 radical (unpaired) electrons. The second kappa shape index (κ2) is 10.3. The topological polar surface area (TPSA) is 114 Å². The molecule has 2 fully saturated rings. The van der Waals surface area contributed by atoms with E-state index in [4.69, 9.17) is 4.74 Å². The van der Waals surface area contributed by atoms with E-state index in [1.165, 1.54) is 32.1 Å². The number of amides is 2. The number of hydrogen-bond acceptors (Lipinski definition) is 7. The molecule has 3 aromatic heterocycles. The Hall–Kier alpha value is -3.63. The Morgan fingerprint density at radius 2 is 1.95 bits per heavy atom. The highest BCUT2D eigenvalue weighted by molar-refractivity contribution is 6.03. The van der Waals surface area contributed by atoms with Crippen LogP contribution < -0.4 is 10.6 Å². The Bertz CT molecular complexity index is 1400. The molecular formula is C28H33N7O3. The molecule has 1 aliphatic carbocycles. The summed E-state index contributed by atoms with van der Waals surface area (Å²) in [6, 6.07) is 5.57. The zero-order valence-electron chi connectivity index (χ0n) is 21.7. The molecule has 6 rings (SSSR count). The summed E-state index contributed by atoms with van der Waals surface area (Å²) in [5, 5.41) is 14.1. The summed E-state index contributed by atoms with van der Waals surface area (Å²) in [4.78, 5) is 32.4. The van der Waals surface area contributed by atoms with E-state index in [0.29, 0.717) is 41.3 Å². The van der Waals surface area contributed by atoms with Crippen molar-refractivity contribution in [3.8, 4) is 0 Å². The highest BCUT2D eigenvalue weighted by Crippen LogP contribution is 2.48. The Morgan fingerprint density at radius 3 is 2.68 bits per heavy atom. The van der Waals surface area contributed by atoms with Gasteiger partial charge >= 0.3 is 0 Å². The zero-order chi connectivity index (χ0) is 26.1. The Labute approximate surface area is 221 Å². The maximum Gasteiger partial charge on any atom is 0.294 e. The summed E-state index contributed by atoms with van der Waals surface area (Å²) in [5.74, 6) is -0.309. The summed E-state index contributed by atoms with van der Waals surface area (Å²) < 4.78 is 7.20. The lowest BCUT2D eigenvalue weighted by Crippen LogP contribution is -2.45. The fourth-order valence-corrected chi connectivity index (χ4v) is 5.68. The third-order valence-corrected chi connectivity index (χ3v) is 8.21. The predicted octanol–water partition coefficient (Wildman–Crippen LogP) is 3.69. The predicted molar refractivity (Wildman–Crippen MR) is 144 cm³/mol. The SMILES string of the molecule is Cc1ncc(NC(=O)CN2CCC3(CCC3)CC2)cc1NC(=O)c1nnc2cc(C3=CCCOC3)ccn12. The van der Waals surface area contributed by atoms with E-state index in [0.717, 1.165) is 37.3 Å². The first-order chi connectivity index (χ1) is 18.5. The summed E-state index contributed by atoms with van der Waals surface area (Å²) in [6.45, 7) is 5.41. The molecule has 10 nitrogen and oxygen atoms in total. The number of likely N-dealkylation sites (tertiary alicyclic amines) is 1. The molecule has 0 aromatic carbocycles. The van der Waals surface area contributed by atoms with Gasteiger partial charge in [-0.2, -0.15) is 0 Å². The number of carbonyl (C=O) groups excluding carboxylic acids is 2. The van der Waals surface area contributed by atoms with Crippen molar-refractivity contribution in [2.45, 2.75) is 45.4 Å². The van der Waals surface area contributed by atoms with Crippen molar-refractivity contribution < 1.29 is 14.3 Å². The lowest BCUT2D eigenvalue weighted by molar-refractivity contribution is -0.118. The van der Waals surface area contributed by atoms with Gasteiger partial charge in [0.15, 0.2) is 5.65 Å². The molecule has 1 saturated heterocycles. The molecule has 2 amide bonds. The van der Waals surface area contributed by atoms with Gasteiger partial charge in [-0.3, -0.25) is 23.9 Å². The molecule has 2 aliphatic heterocycles. The molecular weight excluding hydrogens is 482 g/mol. The van der Waals surface area contributed by atoms with E-state index in [1.54, 1.807) is 29.8 Å². The summed E-state index contributed by atoms with van der Waals surface area (Å²) in [6.07, 6.45) is 12.9. The zero-order valence-corrected chi connectivity index (χ0v) is 21.7. The van der Waals surface area contributed by atoms with Crippen LogP contribution >= 0.6 is 0 Å². The van der Waals surface area contributed by atoms with Crippen molar-refractivity contribution in [1.29, 1.82) is 0 Å². The van der Waals surface area contributed by atoms with Crippen LogP contribution in [0.15, 0.2) is 36.7 Å². The first kappa shape index (κ1) is 24.7. The van der Waals surface area contributed by atoms with Gasteiger partial charge in [0.05, 0.1) is 43.0 Å². The molecule has 0 unspecified atom stereocenters. The summed E-state index contributed by atoms with van der Waals surface area (Å²) >= 11 is 0. The van der Waals surface area contributed by atoms with Gasteiger partial charge in [-0.05, 0) is 86.9 Å². The minimum absolute atomic E-state index is 0.0739. The number of piperidine rings is 1. The van der Waals surface area contributed by atoms with Crippen molar-refractivity contribution in [1.82, 2.24) is 24.5 Å². The second-order valence-corrected chi connectivity index (χ2v) is 10.7. The molecule has 0 bridgehead atoms. The molecule has 5 heterocycles. The van der Waals surface area contributed by atoms with Crippen LogP contribution in [0.5, 0.6) is 0 Å². The van der Waals surface area contributed by atoms with Crippen LogP contribution in [-0.2, 0) is 9.53 Å². The minimum atomic E-state index is -0.405. The maximum absolute atomic E-state index is 13.1. The standard InChI is InChI=1S/C28H33N7O3/c1-19-23(15-22(16-29-19)30-25(36)17-34-11-8-28(9-12-34)6-3-7-28)31-27(37)26-33-32-24-14-20(5-10-35(24)26)21-4-2-13-38-18-21/h4-5,10,14-16H,2-3,6-9,11-13,17-18H2,1H3,(H,30,36)(H,31,37). The molecule has 198 valence electrons. The van der Waals surface area contributed by atoms with Crippen LogP contribution in [0.1, 0.15) is 60.4 Å².